The lowest BCUT2D eigenvalue weighted by Gasteiger charge is -2.29. The van der Waals surface area contributed by atoms with Crippen molar-refractivity contribution >= 4 is 28.9 Å². The number of rotatable bonds is 3. The van der Waals surface area contributed by atoms with Crippen LogP contribution in [0.15, 0.2) is 48.5 Å². The Morgan fingerprint density at radius 2 is 2.00 bits per heavy atom. The summed E-state index contributed by atoms with van der Waals surface area (Å²) in [6, 6.07) is 14.1. The number of amides is 2. The molecule has 3 rings (SSSR count). The van der Waals surface area contributed by atoms with Crippen molar-refractivity contribution in [3.8, 4) is 5.75 Å². The number of nitrogens with one attached hydrogen (secondary N) is 1. The number of fused-ring (bicyclic) bond motifs is 1. The highest BCUT2D eigenvalue weighted by Gasteiger charge is 2.27. The van der Waals surface area contributed by atoms with Crippen LogP contribution < -0.4 is 20.7 Å². The molecule has 22 heavy (non-hydrogen) atoms. The number of nitrogens with two attached hydrogens (primary N) is 1. The van der Waals surface area contributed by atoms with Crippen LogP contribution in [-0.4, -0.2) is 25.0 Å². The summed E-state index contributed by atoms with van der Waals surface area (Å²) in [7, 11) is 0. The van der Waals surface area contributed by atoms with Gasteiger partial charge in [0.15, 0.2) is 6.61 Å². The fourth-order valence-electron chi connectivity index (χ4n) is 2.26. The first-order valence-electron chi connectivity index (χ1n) is 6.81. The molecule has 2 amide bonds. The van der Waals surface area contributed by atoms with E-state index in [1.54, 1.807) is 30.3 Å². The van der Waals surface area contributed by atoms with E-state index in [1.807, 2.05) is 18.2 Å². The fourth-order valence-corrected chi connectivity index (χ4v) is 2.26. The fraction of sp³-hybridized carbons (Fsp3) is 0.125. The predicted molar refractivity (Wildman–Crippen MR) is 83.8 cm³/mol. The van der Waals surface area contributed by atoms with E-state index in [4.69, 9.17) is 10.5 Å². The van der Waals surface area contributed by atoms with Gasteiger partial charge in [-0.3, -0.25) is 14.5 Å². The SMILES string of the molecule is Nc1ccc2c(c1)N(CC(=O)Nc1ccccc1)C(=O)CO2. The van der Waals surface area contributed by atoms with Gasteiger partial charge in [-0.1, -0.05) is 18.2 Å². The van der Waals surface area contributed by atoms with E-state index in [0.717, 1.165) is 0 Å². The molecule has 6 heteroatoms. The molecule has 1 aliphatic heterocycles. The van der Waals surface area contributed by atoms with Gasteiger partial charge >= 0.3 is 0 Å². The van der Waals surface area contributed by atoms with Gasteiger partial charge in [-0.2, -0.15) is 0 Å². The number of benzene rings is 2. The average molecular weight is 297 g/mol. The minimum absolute atomic E-state index is 0.0878. The number of carbonyl (C=O) groups excluding carboxylic acids is 2. The molecule has 0 atom stereocenters. The van der Waals surface area contributed by atoms with E-state index in [0.29, 0.717) is 22.8 Å². The first-order valence-corrected chi connectivity index (χ1v) is 6.81. The van der Waals surface area contributed by atoms with E-state index in [1.165, 1.54) is 4.90 Å². The lowest BCUT2D eigenvalue weighted by Crippen LogP contribution is -2.43. The minimum atomic E-state index is -0.283. The Morgan fingerprint density at radius 1 is 1.23 bits per heavy atom. The van der Waals surface area contributed by atoms with Crippen molar-refractivity contribution in [2.45, 2.75) is 0 Å². The third-order valence-corrected chi connectivity index (χ3v) is 3.29. The molecule has 6 nitrogen and oxygen atoms in total. The molecule has 0 spiro atoms. The van der Waals surface area contributed by atoms with Gasteiger partial charge in [0.05, 0.1) is 5.69 Å². The molecular formula is C16H15N3O3. The average Bonchev–Trinajstić information content (AvgIpc) is 2.51. The van der Waals surface area contributed by atoms with E-state index in [2.05, 4.69) is 5.32 Å². The van der Waals surface area contributed by atoms with Crippen molar-refractivity contribution in [3.05, 3.63) is 48.5 Å². The van der Waals surface area contributed by atoms with E-state index in [9.17, 15) is 9.59 Å². The zero-order valence-electron chi connectivity index (χ0n) is 11.8. The Hall–Kier alpha value is -3.02. The summed E-state index contributed by atoms with van der Waals surface area (Å²) in [6.45, 7) is -0.178. The standard InChI is InChI=1S/C16H15N3O3/c17-11-6-7-14-13(8-11)19(16(21)10-22-14)9-15(20)18-12-4-2-1-3-5-12/h1-8H,9-10,17H2,(H,18,20). The summed E-state index contributed by atoms with van der Waals surface area (Å²) >= 11 is 0. The van der Waals surface area contributed by atoms with Gasteiger partial charge in [0, 0.05) is 11.4 Å². The van der Waals surface area contributed by atoms with Crippen LogP contribution in [0.4, 0.5) is 17.1 Å². The molecule has 2 aromatic rings. The zero-order valence-corrected chi connectivity index (χ0v) is 11.8. The molecular weight excluding hydrogens is 282 g/mol. The van der Waals surface area contributed by atoms with Gasteiger partial charge in [-0.25, -0.2) is 0 Å². The van der Waals surface area contributed by atoms with Crippen molar-refractivity contribution < 1.29 is 14.3 Å². The van der Waals surface area contributed by atoms with Gasteiger partial charge < -0.3 is 15.8 Å². The molecule has 0 saturated heterocycles. The molecule has 0 aromatic heterocycles. The molecule has 112 valence electrons. The Bertz CT molecular complexity index is 716. The summed E-state index contributed by atoms with van der Waals surface area (Å²) in [5.41, 5.74) is 7.45. The van der Waals surface area contributed by atoms with Crippen LogP contribution in [0, 0.1) is 0 Å². The predicted octanol–water partition coefficient (Wildman–Crippen LogP) is 1.63. The van der Waals surface area contributed by atoms with Crippen LogP contribution in [0.5, 0.6) is 5.75 Å². The van der Waals surface area contributed by atoms with Crippen molar-refractivity contribution in [2.24, 2.45) is 0 Å². The normalized spacial score (nSPS) is 13.3. The third kappa shape index (κ3) is 2.85. The van der Waals surface area contributed by atoms with Gasteiger partial charge in [0.25, 0.3) is 5.91 Å². The number of ether oxygens (including phenoxy) is 1. The molecule has 0 unspecified atom stereocenters. The highest BCUT2D eigenvalue weighted by atomic mass is 16.5. The Morgan fingerprint density at radius 3 is 2.77 bits per heavy atom. The molecule has 0 saturated carbocycles. The molecule has 0 fully saturated rings. The van der Waals surface area contributed by atoms with Crippen molar-refractivity contribution in [1.29, 1.82) is 0 Å². The number of nitrogen functional groups attached to an aromatic ring is 1. The Kier molecular flexibility index (Phi) is 3.65. The van der Waals surface area contributed by atoms with Crippen LogP contribution >= 0.6 is 0 Å². The van der Waals surface area contributed by atoms with Crippen LogP contribution in [0.2, 0.25) is 0 Å². The zero-order chi connectivity index (χ0) is 15.5. The van der Waals surface area contributed by atoms with E-state index in [-0.39, 0.29) is 25.0 Å². The Labute approximate surface area is 127 Å². The van der Waals surface area contributed by atoms with Crippen LogP contribution in [0.3, 0.4) is 0 Å². The van der Waals surface area contributed by atoms with Crippen molar-refractivity contribution in [1.82, 2.24) is 0 Å². The number of para-hydroxylation sites is 1. The Balaban J connectivity index is 1.78. The maximum absolute atomic E-state index is 12.1. The van der Waals surface area contributed by atoms with Crippen molar-refractivity contribution in [2.75, 3.05) is 29.1 Å². The van der Waals surface area contributed by atoms with Gasteiger partial charge in [-0.05, 0) is 30.3 Å². The monoisotopic (exact) mass is 297 g/mol. The maximum atomic E-state index is 12.1. The smallest absolute Gasteiger partial charge is 0.265 e. The third-order valence-electron chi connectivity index (χ3n) is 3.29. The molecule has 1 heterocycles. The van der Waals surface area contributed by atoms with Crippen LogP contribution in [0.25, 0.3) is 0 Å². The summed E-state index contributed by atoms with van der Waals surface area (Å²) in [5, 5.41) is 2.75. The number of nitrogens with zero attached hydrogens (tertiary/aromatic N) is 1. The lowest BCUT2D eigenvalue weighted by atomic mass is 10.2. The van der Waals surface area contributed by atoms with E-state index >= 15 is 0 Å². The van der Waals surface area contributed by atoms with Crippen LogP contribution in [0.1, 0.15) is 0 Å². The molecule has 3 N–H and O–H groups in total. The maximum Gasteiger partial charge on any atom is 0.265 e. The number of carbonyl (C=O) groups is 2. The second kappa shape index (κ2) is 5.77. The van der Waals surface area contributed by atoms with E-state index < -0.39 is 0 Å². The topological polar surface area (TPSA) is 84.7 Å². The first kappa shape index (κ1) is 13.9. The highest BCUT2D eigenvalue weighted by Crippen LogP contribution is 2.33. The summed E-state index contributed by atoms with van der Waals surface area (Å²) in [6.07, 6.45) is 0. The summed E-state index contributed by atoms with van der Waals surface area (Å²) in [5.74, 6) is -0.0163. The molecule has 1 aliphatic rings. The van der Waals surface area contributed by atoms with Gasteiger partial charge in [-0.15, -0.1) is 0 Å². The number of hydrogen-bond donors (Lipinski definition) is 2. The summed E-state index contributed by atoms with van der Waals surface area (Å²) < 4.78 is 5.34. The molecule has 2 aromatic carbocycles. The molecule has 0 bridgehead atoms. The van der Waals surface area contributed by atoms with Gasteiger partial charge in [0.2, 0.25) is 5.91 Å². The van der Waals surface area contributed by atoms with Gasteiger partial charge in [0.1, 0.15) is 12.3 Å². The summed E-state index contributed by atoms with van der Waals surface area (Å²) in [4.78, 5) is 25.6. The molecule has 0 aliphatic carbocycles. The first-order chi connectivity index (χ1) is 10.6. The largest absolute Gasteiger partial charge is 0.482 e. The number of anilines is 3. The lowest BCUT2D eigenvalue weighted by molar-refractivity contribution is -0.123. The quantitative estimate of drug-likeness (QED) is 0.843. The van der Waals surface area contributed by atoms with Crippen molar-refractivity contribution in [3.63, 3.8) is 0 Å². The second-order valence-electron chi connectivity index (χ2n) is 4.91. The van der Waals surface area contributed by atoms with Crippen LogP contribution in [-0.2, 0) is 9.59 Å². The minimum Gasteiger partial charge on any atom is -0.482 e. The second-order valence-corrected chi connectivity index (χ2v) is 4.91. The number of hydrogen-bond acceptors (Lipinski definition) is 4. The molecule has 0 radical (unpaired) electrons. The highest BCUT2D eigenvalue weighted by molar-refractivity contribution is 6.05.